The van der Waals surface area contributed by atoms with Gasteiger partial charge in [0.25, 0.3) is 0 Å². The highest BCUT2D eigenvalue weighted by Crippen LogP contribution is 2.18. The Balaban J connectivity index is 1.95. The van der Waals surface area contributed by atoms with E-state index in [9.17, 15) is 0 Å². The zero-order chi connectivity index (χ0) is 12.3. The molecule has 0 N–H and O–H groups in total. The lowest BCUT2D eigenvalue weighted by atomic mass is 10.1. The Labute approximate surface area is 110 Å². The Morgan fingerprint density at radius 1 is 1.00 bits per heavy atom. The minimum Gasteiger partial charge on any atom is -0.132 e. The fourth-order valence-corrected chi connectivity index (χ4v) is 2.88. The highest BCUT2D eigenvalue weighted by Gasteiger charge is 1.98. The molecular formula is C16H24S. The molecule has 1 heterocycles. The van der Waals surface area contributed by atoms with E-state index in [0.717, 1.165) is 4.88 Å². The molecule has 1 rings (SSSR count). The van der Waals surface area contributed by atoms with E-state index in [4.69, 9.17) is 6.42 Å². The average molecular weight is 248 g/mol. The van der Waals surface area contributed by atoms with E-state index >= 15 is 0 Å². The highest BCUT2D eigenvalue weighted by molar-refractivity contribution is 7.12. The van der Waals surface area contributed by atoms with Gasteiger partial charge in [-0.3, -0.25) is 0 Å². The maximum absolute atomic E-state index is 5.36. The molecule has 94 valence electrons. The summed E-state index contributed by atoms with van der Waals surface area (Å²) in [4.78, 5) is 2.52. The maximum Gasteiger partial charge on any atom is 0.0768 e. The summed E-state index contributed by atoms with van der Waals surface area (Å²) in [5, 5.41) is 0. The molecule has 0 saturated carbocycles. The van der Waals surface area contributed by atoms with Gasteiger partial charge in [0, 0.05) is 4.88 Å². The van der Waals surface area contributed by atoms with Crippen molar-refractivity contribution in [3.63, 3.8) is 0 Å². The van der Waals surface area contributed by atoms with Crippen molar-refractivity contribution in [2.75, 3.05) is 0 Å². The van der Waals surface area contributed by atoms with Gasteiger partial charge in [0.1, 0.15) is 0 Å². The van der Waals surface area contributed by atoms with Crippen LogP contribution in [-0.2, 0) is 6.42 Å². The first-order valence-corrected chi connectivity index (χ1v) is 7.73. The average Bonchev–Trinajstić information content (AvgIpc) is 2.80. The second kappa shape index (κ2) is 9.31. The first kappa shape index (κ1) is 14.3. The Kier molecular flexibility index (Phi) is 7.84. The van der Waals surface area contributed by atoms with Gasteiger partial charge in [-0.15, -0.1) is 17.8 Å². The molecule has 1 heteroatoms. The fourth-order valence-electron chi connectivity index (χ4n) is 2.02. The van der Waals surface area contributed by atoms with Gasteiger partial charge in [0.15, 0.2) is 0 Å². The molecule has 0 unspecified atom stereocenters. The molecule has 0 spiro atoms. The van der Waals surface area contributed by atoms with Gasteiger partial charge < -0.3 is 0 Å². The van der Waals surface area contributed by atoms with Crippen LogP contribution in [0.15, 0.2) is 12.1 Å². The van der Waals surface area contributed by atoms with Crippen LogP contribution in [0.3, 0.4) is 0 Å². The monoisotopic (exact) mass is 248 g/mol. The minimum atomic E-state index is 1.07. The van der Waals surface area contributed by atoms with Crippen molar-refractivity contribution in [2.45, 2.75) is 64.7 Å². The van der Waals surface area contributed by atoms with Gasteiger partial charge in [-0.25, -0.2) is 0 Å². The van der Waals surface area contributed by atoms with E-state index < -0.39 is 0 Å². The Bertz CT molecular complexity index is 330. The molecule has 0 nitrogen and oxygen atoms in total. The molecule has 0 amide bonds. The van der Waals surface area contributed by atoms with Gasteiger partial charge in [0.2, 0.25) is 0 Å². The van der Waals surface area contributed by atoms with E-state index in [2.05, 4.69) is 25.0 Å². The number of hydrogen-bond donors (Lipinski definition) is 0. The van der Waals surface area contributed by atoms with E-state index in [-0.39, 0.29) is 0 Å². The van der Waals surface area contributed by atoms with Crippen molar-refractivity contribution >= 4 is 11.3 Å². The SMILES string of the molecule is C#Cc1ccc(CCCCCCCCCC)s1. The van der Waals surface area contributed by atoms with Crippen LogP contribution in [0.5, 0.6) is 0 Å². The summed E-state index contributed by atoms with van der Waals surface area (Å²) in [6.45, 7) is 2.27. The van der Waals surface area contributed by atoms with Gasteiger partial charge >= 0.3 is 0 Å². The van der Waals surface area contributed by atoms with Crippen molar-refractivity contribution in [3.8, 4) is 12.3 Å². The molecule has 17 heavy (non-hydrogen) atoms. The minimum absolute atomic E-state index is 1.07. The summed E-state index contributed by atoms with van der Waals surface area (Å²) in [5.41, 5.74) is 0. The van der Waals surface area contributed by atoms with Gasteiger partial charge in [-0.2, -0.15) is 0 Å². The second-order valence-electron chi connectivity index (χ2n) is 4.64. The van der Waals surface area contributed by atoms with Crippen LogP contribution < -0.4 is 0 Å². The number of thiophene rings is 1. The van der Waals surface area contributed by atoms with Crippen LogP contribution in [0.2, 0.25) is 0 Å². The molecule has 1 aromatic heterocycles. The normalized spacial score (nSPS) is 10.4. The van der Waals surface area contributed by atoms with Crippen LogP contribution in [0.25, 0.3) is 0 Å². The second-order valence-corrected chi connectivity index (χ2v) is 5.80. The molecule has 0 atom stereocenters. The molecule has 0 radical (unpaired) electrons. The molecule has 0 fully saturated rings. The first-order chi connectivity index (χ1) is 8.36. The van der Waals surface area contributed by atoms with Crippen molar-refractivity contribution < 1.29 is 0 Å². The van der Waals surface area contributed by atoms with E-state index in [1.54, 1.807) is 11.3 Å². The Morgan fingerprint density at radius 3 is 2.24 bits per heavy atom. The quantitative estimate of drug-likeness (QED) is 0.405. The number of rotatable bonds is 9. The number of unbranched alkanes of at least 4 members (excludes halogenated alkanes) is 7. The number of terminal acetylenes is 1. The number of hydrogen-bond acceptors (Lipinski definition) is 1. The lowest BCUT2D eigenvalue weighted by Crippen LogP contribution is -1.83. The molecule has 0 bridgehead atoms. The van der Waals surface area contributed by atoms with E-state index in [1.165, 1.54) is 62.7 Å². The van der Waals surface area contributed by atoms with Crippen LogP contribution in [0.1, 0.15) is 68.0 Å². The van der Waals surface area contributed by atoms with Crippen LogP contribution >= 0.6 is 11.3 Å². The molecule has 0 aliphatic heterocycles. The maximum atomic E-state index is 5.36. The molecule has 1 aromatic rings. The molecule has 0 aliphatic carbocycles. The molecule has 0 saturated heterocycles. The summed E-state index contributed by atoms with van der Waals surface area (Å²) in [5.74, 6) is 2.70. The fraction of sp³-hybridized carbons (Fsp3) is 0.625. The first-order valence-electron chi connectivity index (χ1n) is 6.92. The van der Waals surface area contributed by atoms with Crippen molar-refractivity contribution in [2.24, 2.45) is 0 Å². The molecular weight excluding hydrogens is 224 g/mol. The van der Waals surface area contributed by atoms with Crippen LogP contribution in [-0.4, -0.2) is 0 Å². The zero-order valence-corrected chi connectivity index (χ0v) is 11.8. The van der Waals surface area contributed by atoms with Gasteiger partial charge in [-0.1, -0.05) is 57.8 Å². The van der Waals surface area contributed by atoms with Crippen molar-refractivity contribution in [3.05, 3.63) is 21.9 Å². The predicted molar refractivity (Wildman–Crippen MR) is 78.6 cm³/mol. The zero-order valence-electron chi connectivity index (χ0n) is 11.0. The third kappa shape index (κ3) is 6.54. The Hall–Kier alpha value is -0.740. The van der Waals surface area contributed by atoms with Crippen molar-refractivity contribution in [1.82, 2.24) is 0 Å². The molecule has 0 aromatic carbocycles. The summed E-state index contributed by atoms with van der Waals surface area (Å²) >= 11 is 1.77. The lowest BCUT2D eigenvalue weighted by molar-refractivity contribution is 0.576. The van der Waals surface area contributed by atoms with Crippen molar-refractivity contribution in [1.29, 1.82) is 0 Å². The third-order valence-corrected chi connectivity index (χ3v) is 4.16. The van der Waals surface area contributed by atoms with E-state index in [1.807, 2.05) is 0 Å². The van der Waals surface area contributed by atoms with Gasteiger partial charge in [-0.05, 0) is 25.0 Å². The lowest BCUT2D eigenvalue weighted by Gasteiger charge is -2.00. The topological polar surface area (TPSA) is 0 Å². The molecule has 0 aliphatic rings. The standard InChI is InChI=1S/C16H24S/c1-3-5-6-7-8-9-10-11-12-16-14-13-15(4-2)17-16/h2,13-14H,3,5-12H2,1H3. The predicted octanol–water partition coefficient (Wildman–Crippen LogP) is 5.41. The van der Waals surface area contributed by atoms with Crippen LogP contribution in [0.4, 0.5) is 0 Å². The summed E-state index contributed by atoms with van der Waals surface area (Å²) < 4.78 is 0. The number of aryl methyl sites for hydroxylation is 1. The van der Waals surface area contributed by atoms with E-state index in [0.29, 0.717) is 0 Å². The summed E-state index contributed by atoms with van der Waals surface area (Å²) in [6, 6.07) is 4.24. The van der Waals surface area contributed by atoms with Gasteiger partial charge in [0.05, 0.1) is 4.88 Å². The summed E-state index contributed by atoms with van der Waals surface area (Å²) in [6.07, 6.45) is 17.7. The smallest absolute Gasteiger partial charge is 0.0768 e. The van der Waals surface area contributed by atoms with Crippen LogP contribution in [0, 0.1) is 12.3 Å². The largest absolute Gasteiger partial charge is 0.132 e. The summed E-state index contributed by atoms with van der Waals surface area (Å²) in [7, 11) is 0. The Morgan fingerprint density at radius 2 is 1.65 bits per heavy atom. The highest BCUT2D eigenvalue weighted by atomic mass is 32.1. The third-order valence-electron chi connectivity index (χ3n) is 3.08.